The Bertz CT molecular complexity index is 360. The van der Waals surface area contributed by atoms with E-state index in [4.69, 9.17) is 4.74 Å². The molecule has 0 aliphatic heterocycles. The van der Waals surface area contributed by atoms with Crippen molar-refractivity contribution in [3.05, 3.63) is 0 Å². The van der Waals surface area contributed by atoms with E-state index in [2.05, 4.69) is 13.8 Å². The highest BCUT2D eigenvalue weighted by Gasteiger charge is 2.51. The van der Waals surface area contributed by atoms with Crippen molar-refractivity contribution in [1.29, 1.82) is 0 Å². The highest BCUT2D eigenvalue weighted by Crippen LogP contribution is 2.37. The van der Waals surface area contributed by atoms with Crippen molar-refractivity contribution in [3.63, 3.8) is 0 Å². The lowest BCUT2D eigenvalue weighted by molar-refractivity contribution is -0.177. The minimum atomic E-state index is -1.44. The fraction of sp³-hybridized carbons (Fsp3) is 0.889. The van der Waals surface area contributed by atoms with Crippen LogP contribution in [-0.4, -0.2) is 23.1 Å². The third kappa shape index (κ3) is 5.98. The van der Waals surface area contributed by atoms with Crippen LogP contribution in [0.1, 0.15) is 74.1 Å². The van der Waals surface area contributed by atoms with Crippen LogP contribution in [0.3, 0.4) is 0 Å². The van der Waals surface area contributed by atoms with Gasteiger partial charge in [0.05, 0.1) is 6.10 Å². The van der Waals surface area contributed by atoms with E-state index < -0.39 is 17.4 Å². The first kappa shape index (κ1) is 20.9. The largest absolute Gasteiger partial charge is 0.480 e. The smallest absolute Gasteiger partial charge is 0.324 e. The van der Waals surface area contributed by atoms with Crippen LogP contribution in [-0.2, 0) is 14.3 Å². The Morgan fingerprint density at radius 2 is 1.50 bits per heavy atom. The van der Waals surface area contributed by atoms with Crippen LogP contribution in [0.25, 0.3) is 0 Å². The number of aliphatic carboxylic acids is 1. The van der Waals surface area contributed by atoms with E-state index in [-0.39, 0.29) is 17.9 Å². The van der Waals surface area contributed by atoms with Crippen molar-refractivity contribution in [2.75, 3.05) is 0 Å². The third-order valence-corrected chi connectivity index (χ3v) is 4.16. The molecule has 0 radical (unpaired) electrons. The normalized spacial score (nSPS) is 15.9. The van der Waals surface area contributed by atoms with Gasteiger partial charge in [0.1, 0.15) is 0 Å². The molecule has 0 aromatic carbocycles. The quantitative estimate of drug-likeness (QED) is 0.476. The maximum Gasteiger partial charge on any atom is 0.324 e. The summed E-state index contributed by atoms with van der Waals surface area (Å²) < 4.78 is 5.50. The molecule has 0 fully saturated rings. The Kier molecular flexibility index (Phi) is 8.72. The first-order valence-corrected chi connectivity index (χ1v) is 8.48. The van der Waals surface area contributed by atoms with Gasteiger partial charge in [-0.3, -0.25) is 9.59 Å². The molecule has 0 rings (SSSR count). The second kappa shape index (κ2) is 9.16. The maximum absolute atomic E-state index is 12.6. The zero-order valence-electron chi connectivity index (χ0n) is 15.3. The van der Waals surface area contributed by atoms with Gasteiger partial charge >= 0.3 is 11.9 Å². The number of hydrogen-bond acceptors (Lipinski definition) is 3. The summed E-state index contributed by atoms with van der Waals surface area (Å²) in [5, 5.41) is 9.67. The molecule has 0 spiro atoms. The second-order valence-corrected chi connectivity index (χ2v) is 7.57. The van der Waals surface area contributed by atoms with Crippen molar-refractivity contribution >= 4 is 11.9 Å². The molecule has 2 atom stereocenters. The molecule has 22 heavy (non-hydrogen) atoms. The van der Waals surface area contributed by atoms with Crippen LogP contribution in [0.5, 0.6) is 0 Å². The Morgan fingerprint density at radius 3 is 1.86 bits per heavy atom. The number of esters is 1. The minimum Gasteiger partial charge on any atom is -0.480 e. The van der Waals surface area contributed by atoms with Crippen LogP contribution in [0, 0.1) is 23.2 Å². The number of carbonyl (C=O) groups excluding carboxylic acids is 1. The SMILES string of the molecule is CC(C)CCCC(C)OC(=O)C(CC(C)C)(C(=O)O)C(C)C. The van der Waals surface area contributed by atoms with Crippen molar-refractivity contribution in [2.24, 2.45) is 23.2 Å². The van der Waals surface area contributed by atoms with Crippen LogP contribution < -0.4 is 0 Å². The highest BCUT2D eigenvalue weighted by molar-refractivity contribution is 5.99. The first-order valence-electron chi connectivity index (χ1n) is 8.48. The molecule has 130 valence electrons. The van der Waals surface area contributed by atoms with E-state index in [9.17, 15) is 14.7 Å². The topological polar surface area (TPSA) is 63.6 Å². The average molecular weight is 314 g/mol. The molecule has 1 N–H and O–H groups in total. The van der Waals surface area contributed by atoms with Crippen LogP contribution in [0.15, 0.2) is 0 Å². The molecule has 0 saturated carbocycles. The molecule has 4 heteroatoms. The van der Waals surface area contributed by atoms with Crippen molar-refractivity contribution in [3.8, 4) is 0 Å². The monoisotopic (exact) mass is 314 g/mol. The van der Waals surface area contributed by atoms with E-state index >= 15 is 0 Å². The molecular weight excluding hydrogens is 280 g/mol. The minimum absolute atomic E-state index is 0.113. The number of hydrogen-bond donors (Lipinski definition) is 1. The van der Waals surface area contributed by atoms with Gasteiger partial charge in [-0.25, -0.2) is 0 Å². The first-order chi connectivity index (χ1) is 10.0. The molecule has 0 amide bonds. The van der Waals surface area contributed by atoms with Gasteiger partial charge in [-0.2, -0.15) is 0 Å². The zero-order chi connectivity index (χ0) is 17.5. The summed E-state index contributed by atoms with van der Waals surface area (Å²) >= 11 is 0. The summed E-state index contributed by atoms with van der Waals surface area (Å²) in [5.74, 6) is -1.22. The van der Waals surface area contributed by atoms with Crippen LogP contribution >= 0.6 is 0 Å². The van der Waals surface area contributed by atoms with Gasteiger partial charge in [-0.1, -0.05) is 48.0 Å². The summed E-state index contributed by atoms with van der Waals surface area (Å²) in [4.78, 5) is 24.4. The van der Waals surface area contributed by atoms with Crippen molar-refractivity contribution < 1.29 is 19.4 Å². The lowest BCUT2D eigenvalue weighted by Crippen LogP contribution is -2.47. The Balaban J connectivity index is 4.94. The Hall–Kier alpha value is -1.06. The number of carboxylic acids is 1. The Morgan fingerprint density at radius 1 is 0.955 bits per heavy atom. The summed E-state index contributed by atoms with van der Waals surface area (Å²) in [6, 6.07) is 0. The number of rotatable bonds is 10. The van der Waals surface area contributed by atoms with E-state index in [0.717, 1.165) is 19.3 Å². The van der Waals surface area contributed by atoms with Gasteiger partial charge in [0.2, 0.25) is 0 Å². The Labute approximate surface area is 135 Å². The molecule has 0 saturated heterocycles. The maximum atomic E-state index is 12.6. The molecule has 0 heterocycles. The van der Waals surface area contributed by atoms with Gasteiger partial charge in [0.15, 0.2) is 5.41 Å². The number of carbonyl (C=O) groups is 2. The van der Waals surface area contributed by atoms with Gasteiger partial charge in [0, 0.05) is 0 Å². The molecule has 0 aromatic rings. The molecule has 0 aliphatic rings. The highest BCUT2D eigenvalue weighted by atomic mass is 16.5. The summed E-state index contributed by atoms with van der Waals surface area (Å²) in [5.41, 5.74) is -1.44. The van der Waals surface area contributed by atoms with Gasteiger partial charge in [-0.15, -0.1) is 0 Å². The predicted molar refractivity (Wildman–Crippen MR) is 88.6 cm³/mol. The number of ether oxygens (including phenoxy) is 1. The van der Waals surface area contributed by atoms with Gasteiger partial charge < -0.3 is 9.84 Å². The fourth-order valence-electron chi connectivity index (χ4n) is 2.78. The van der Waals surface area contributed by atoms with Crippen LogP contribution in [0.4, 0.5) is 0 Å². The van der Waals surface area contributed by atoms with E-state index in [1.165, 1.54) is 0 Å². The van der Waals surface area contributed by atoms with Gasteiger partial charge in [-0.05, 0) is 43.9 Å². The average Bonchev–Trinajstić information content (AvgIpc) is 2.33. The molecule has 4 nitrogen and oxygen atoms in total. The van der Waals surface area contributed by atoms with E-state index in [1.54, 1.807) is 13.8 Å². The second-order valence-electron chi connectivity index (χ2n) is 7.57. The van der Waals surface area contributed by atoms with E-state index in [0.29, 0.717) is 12.3 Å². The molecule has 2 unspecified atom stereocenters. The molecule has 0 aliphatic carbocycles. The zero-order valence-corrected chi connectivity index (χ0v) is 15.3. The van der Waals surface area contributed by atoms with E-state index in [1.807, 2.05) is 20.8 Å². The third-order valence-electron chi connectivity index (χ3n) is 4.16. The number of carboxylic acid groups (broad SMARTS) is 1. The summed E-state index contributed by atoms with van der Waals surface area (Å²) in [6.07, 6.45) is 2.91. The predicted octanol–water partition coefficient (Wildman–Crippen LogP) is 4.52. The molecule has 0 bridgehead atoms. The van der Waals surface area contributed by atoms with Crippen LogP contribution in [0.2, 0.25) is 0 Å². The summed E-state index contributed by atoms with van der Waals surface area (Å²) in [7, 11) is 0. The standard InChI is InChI=1S/C18H34O4/c1-12(2)9-8-10-15(7)22-17(21)18(14(5)6,16(19)20)11-13(3)4/h12-15H,8-11H2,1-7H3,(H,19,20). The van der Waals surface area contributed by atoms with Gasteiger partial charge in [0.25, 0.3) is 0 Å². The molecule has 0 aromatic heterocycles. The lowest BCUT2D eigenvalue weighted by atomic mass is 9.71. The van der Waals surface area contributed by atoms with Crippen molar-refractivity contribution in [2.45, 2.75) is 80.3 Å². The van der Waals surface area contributed by atoms with Crippen molar-refractivity contribution in [1.82, 2.24) is 0 Å². The molecular formula is C18H34O4. The fourth-order valence-corrected chi connectivity index (χ4v) is 2.78. The summed E-state index contributed by atoms with van der Waals surface area (Å²) in [6.45, 7) is 13.6. The lowest BCUT2D eigenvalue weighted by Gasteiger charge is -2.33.